The lowest BCUT2D eigenvalue weighted by Gasteiger charge is -2.14. The second kappa shape index (κ2) is 4.11. The Balaban J connectivity index is 1.39. The highest BCUT2D eigenvalue weighted by atomic mass is 32.1. The van der Waals surface area contributed by atoms with E-state index in [1.165, 1.54) is 42.8 Å². The lowest BCUT2D eigenvalue weighted by molar-refractivity contribution is 0.406. The summed E-state index contributed by atoms with van der Waals surface area (Å²) in [5.74, 6) is 1.07. The molecule has 3 heteroatoms. The van der Waals surface area contributed by atoms with Gasteiger partial charge in [0, 0.05) is 18.0 Å². The Bertz CT molecular complexity index is 364. The molecule has 0 bridgehead atoms. The van der Waals surface area contributed by atoms with Crippen molar-refractivity contribution in [3.8, 4) is 0 Å². The van der Waals surface area contributed by atoms with Crippen molar-refractivity contribution in [2.75, 3.05) is 13.1 Å². The number of nitrogens with zero attached hydrogens (tertiary/aromatic N) is 1. The summed E-state index contributed by atoms with van der Waals surface area (Å²) in [5, 5.41) is 3.65. The number of hydrogen-bond donors (Lipinski definition) is 1. The van der Waals surface area contributed by atoms with Crippen LogP contribution in [0.15, 0.2) is 5.51 Å². The number of aromatic nitrogens is 1. The van der Waals surface area contributed by atoms with Gasteiger partial charge in [-0.1, -0.05) is 0 Å². The van der Waals surface area contributed by atoms with Crippen LogP contribution >= 0.6 is 11.3 Å². The maximum Gasteiger partial charge on any atom is 0.0797 e. The molecule has 0 aromatic carbocycles. The van der Waals surface area contributed by atoms with Crippen LogP contribution in [0.3, 0.4) is 0 Å². The van der Waals surface area contributed by atoms with E-state index in [9.17, 15) is 0 Å². The Labute approximate surface area is 101 Å². The molecule has 2 fully saturated rings. The molecule has 0 amide bonds. The van der Waals surface area contributed by atoms with Crippen molar-refractivity contribution in [2.45, 2.75) is 39.0 Å². The molecule has 0 radical (unpaired) electrons. The maximum atomic E-state index is 4.29. The van der Waals surface area contributed by atoms with Gasteiger partial charge in [0.2, 0.25) is 0 Å². The molecule has 88 valence electrons. The Morgan fingerprint density at radius 1 is 1.50 bits per heavy atom. The molecule has 1 heterocycles. The van der Waals surface area contributed by atoms with Crippen LogP contribution in [0.25, 0.3) is 0 Å². The molecule has 1 aromatic rings. The van der Waals surface area contributed by atoms with Gasteiger partial charge in [0.05, 0.1) is 11.2 Å². The summed E-state index contributed by atoms with van der Waals surface area (Å²) >= 11 is 1.79. The monoisotopic (exact) mass is 236 g/mol. The quantitative estimate of drug-likeness (QED) is 0.768. The minimum absolute atomic E-state index is 0.739. The number of rotatable bonds is 6. The van der Waals surface area contributed by atoms with Crippen molar-refractivity contribution >= 4 is 11.3 Å². The highest BCUT2D eigenvalue weighted by Gasteiger charge is 2.52. The Morgan fingerprint density at radius 2 is 2.31 bits per heavy atom. The largest absolute Gasteiger partial charge is 0.316 e. The zero-order valence-electron chi connectivity index (χ0n) is 9.96. The summed E-state index contributed by atoms with van der Waals surface area (Å²) in [6, 6.07) is 0. The van der Waals surface area contributed by atoms with E-state index in [1.54, 1.807) is 11.3 Å². The smallest absolute Gasteiger partial charge is 0.0797 e. The summed E-state index contributed by atoms with van der Waals surface area (Å²) in [6.07, 6.45) is 7.09. The summed E-state index contributed by atoms with van der Waals surface area (Å²) in [6.45, 7) is 4.49. The molecule has 2 nitrogen and oxygen atoms in total. The van der Waals surface area contributed by atoms with E-state index in [1.807, 2.05) is 5.51 Å². The first-order chi connectivity index (χ1) is 7.80. The van der Waals surface area contributed by atoms with Crippen LogP contribution in [-0.4, -0.2) is 18.1 Å². The molecular weight excluding hydrogens is 216 g/mol. The van der Waals surface area contributed by atoms with Crippen molar-refractivity contribution < 1.29 is 0 Å². The van der Waals surface area contributed by atoms with E-state index >= 15 is 0 Å². The van der Waals surface area contributed by atoms with Gasteiger partial charge in [0.25, 0.3) is 0 Å². The van der Waals surface area contributed by atoms with Crippen LogP contribution in [0, 0.1) is 18.3 Å². The van der Waals surface area contributed by atoms with Gasteiger partial charge in [-0.2, -0.15) is 0 Å². The van der Waals surface area contributed by atoms with E-state index in [2.05, 4.69) is 17.2 Å². The predicted molar refractivity (Wildman–Crippen MR) is 67.8 cm³/mol. The molecule has 16 heavy (non-hydrogen) atoms. The summed E-state index contributed by atoms with van der Waals surface area (Å²) in [7, 11) is 0. The van der Waals surface area contributed by atoms with Gasteiger partial charge in [0.15, 0.2) is 0 Å². The number of hydrogen-bond acceptors (Lipinski definition) is 3. The van der Waals surface area contributed by atoms with Crippen LogP contribution in [-0.2, 0) is 6.42 Å². The van der Waals surface area contributed by atoms with Crippen LogP contribution in [0.5, 0.6) is 0 Å². The van der Waals surface area contributed by atoms with Crippen molar-refractivity contribution in [1.82, 2.24) is 10.3 Å². The fraction of sp³-hybridized carbons (Fsp3) is 0.769. The van der Waals surface area contributed by atoms with Gasteiger partial charge in [-0.15, -0.1) is 11.3 Å². The van der Waals surface area contributed by atoms with Crippen molar-refractivity contribution in [3.63, 3.8) is 0 Å². The third-order valence-corrected chi connectivity index (χ3v) is 5.18. The normalized spacial score (nSPS) is 22.3. The number of thiazole rings is 1. The van der Waals surface area contributed by atoms with Crippen LogP contribution in [0.2, 0.25) is 0 Å². The summed E-state index contributed by atoms with van der Waals surface area (Å²) in [4.78, 5) is 5.73. The van der Waals surface area contributed by atoms with Crippen molar-refractivity contribution in [2.24, 2.45) is 11.3 Å². The molecule has 0 spiro atoms. The first-order valence-corrected chi connectivity index (χ1v) is 7.28. The van der Waals surface area contributed by atoms with E-state index in [0.29, 0.717) is 0 Å². The Kier molecular flexibility index (Phi) is 2.76. The van der Waals surface area contributed by atoms with E-state index < -0.39 is 0 Å². The molecule has 2 aliphatic carbocycles. The minimum Gasteiger partial charge on any atom is -0.316 e. The molecule has 0 atom stereocenters. The van der Waals surface area contributed by atoms with Gasteiger partial charge in [-0.25, -0.2) is 4.98 Å². The highest BCUT2D eigenvalue weighted by molar-refractivity contribution is 7.09. The first-order valence-electron chi connectivity index (χ1n) is 6.40. The minimum atomic E-state index is 0.739. The van der Waals surface area contributed by atoms with E-state index in [0.717, 1.165) is 24.3 Å². The lowest BCUT2D eigenvalue weighted by atomic mass is 10.0. The fourth-order valence-corrected chi connectivity index (χ4v) is 3.47. The number of aryl methyl sites for hydroxylation is 1. The Morgan fingerprint density at radius 3 is 2.88 bits per heavy atom. The zero-order chi connectivity index (χ0) is 11.0. The Hall–Kier alpha value is -0.410. The average Bonchev–Trinajstić information content (AvgIpc) is 3.14. The lowest BCUT2D eigenvalue weighted by Crippen LogP contribution is -2.27. The van der Waals surface area contributed by atoms with Crippen LogP contribution < -0.4 is 5.32 Å². The second-order valence-corrected chi connectivity index (χ2v) is 6.36. The van der Waals surface area contributed by atoms with Gasteiger partial charge in [-0.05, 0) is 50.4 Å². The summed E-state index contributed by atoms with van der Waals surface area (Å²) < 4.78 is 0. The topological polar surface area (TPSA) is 24.9 Å². The average molecular weight is 236 g/mol. The van der Waals surface area contributed by atoms with Gasteiger partial charge in [0.1, 0.15) is 0 Å². The standard InChI is InChI=1S/C13H20N2S/c1-10-12(16-9-15-10)4-7-14-8-13(5-6-13)11-2-3-11/h9,11,14H,2-8H2,1H3. The molecule has 2 aliphatic rings. The fourth-order valence-electron chi connectivity index (χ4n) is 2.69. The van der Waals surface area contributed by atoms with Crippen LogP contribution in [0.1, 0.15) is 36.3 Å². The molecule has 2 saturated carbocycles. The molecule has 0 saturated heterocycles. The van der Waals surface area contributed by atoms with E-state index in [-0.39, 0.29) is 0 Å². The van der Waals surface area contributed by atoms with Gasteiger partial charge in [-0.3, -0.25) is 0 Å². The first kappa shape index (κ1) is 10.7. The van der Waals surface area contributed by atoms with E-state index in [4.69, 9.17) is 0 Å². The third kappa shape index (κ3) is 2.16. The van der Waals surface area contributed by atoms with Gasteiger partial charge >= 0.3 is 0 Å². The summed E-state index contributed by atoms with van der Waals surface area (Å²) in [5.41, 5.74) is 3.91. The van der Waals surface area contributed by atoms with Gasteiger partial charge < -0.3 is 5.32 Å². The maximum absolute atomic E-state index is 4.29. The number of nitrogens with one attached hydrogen (secondary N) is 1. The van der Waals surface area contributed by atoms with Crippen LogP contribution in [0.4, 0.5) is 0 Å². The molecular formula is C13H20N2S. The van der Waals surface area contributed by atoms with Crippen molar-refractivity contribution in [3.05, 3.63) is 16.1 Å². The highest BCUT2D eigenvalue weighted by Crippen LogP contribution is 2.60. The second-order valence-electron chi connectivity index (χ2n) is 5.42. The molecule has 1 aromatic heterocycles. The molecule has 3 rings (SSSR count). The molecule has 0 unspecified atom stereocenters. The SMILES string of the molecule is Cc1ncsc1CCNCC1(C2CC2)CC1. The zero-order valence-corrected chi connectivity index (χ0v) is 10.8. The molecule has 1 N–H and O–H groups in total. The molecule has 0 aliphatic heterocycles. The third-order valence-electron chi connectivity index (χ3n) is 4.19. The predicted octanol–water partition coefficient (Wildman–Crippen LogP) is 2.77. The van der Waals surface area contributed by atoms with Crippen molar-refractivity contribution in [1.29, 1.82) is 0 Å².